The van der Waals surface area contributed by atoms with Gasteiger partial charge in [-0.25, -0.2) is 4.79 Å². The van der Waals surface area contributed by atoms with E-state index in [4.69, 9.17) is 9.29 Å². The highest BCUT2D eigenvalue weighted by molar-refractivity contribution is 7.85. The zero-order chi connectivity index (χ0) is 18.1. The Kier molecular flexibility index (Phi) is 8.81. The van der Waals surface area contributed by atoms with Crippen LogP contribution in [0.2, 0.25) is 0 Å². The minimum absolute atomic E-state index is 0.117. The van der Waals surface area contributed by atoms with Crippen molar-refractivity contribution in [1.29, 1.82) is 0 Å². The van der Waals surface area contributed by atoms with Crippen molar-refractivity contribution in [3.63, 3.8) is 0 Å². The van der Waals surface area contributed by atoms with Crippen LogP contribution in [0.4, 0.5) is 4.79 Å². The standard InChI is InChI=1S/C14H21NO3.CH4O3S/c1-14(2,3)18-13(17)15-12(10-16)9-11-7-5-4-6-8-11;1-5(2,3)4/h4-8,12,16H,9-10H2,1-3H3,(H,15,17);1H3,(H,2,3,4)/t12-;/m1./s1. The van der Waals surface area contributed by atoms with Gasteiger partial charge in [-0.2, -0.15) is 8.42 Å². The number of carbonyl (C=O) groups is 1. The van der Waals surface area contributed by atoms with Crippen molar-refractivity contribution >= 4 is 16.2 Å². The van der Waals surface area contributed by atoms with Crippen molar-refractivity contribution in [3.05, 3.63) is 35.9 Å². The molecule has 1 aromatic rings. The molecule has 0 fully saturated rings. The van der Waals surface area contributed by atoms with E-state index >= 15 is 0 Å². The Hall–Kier alpha value is -1.64. The van der Waals surface area contributed by atoms with Gasteiger partial charge in [0.05, 0.1) is 18.9 Å². The highest BCUT2D eigenvalue weighted by atomic mass is 32.2. The number of amides is 1. The molecule has 0 radical (unpaired) electrons. The van der Waals surface area contributed by atoms with Gasteiger partial charge in [-0.1, -0.05) is 30.3 Å². The monoisotopic (exact) mass is 347 g/mol. The van der Waals surface area contributed by atoms with Crippen molar-refractivity contribution in [2.45, 2.75) is 38.8 Å². The molecule has 1 aromatic carbocycles. The molecule has 1 rings (SSSR count). The Morgan fingerprint density at radius 1 is 1.26 bits per heavy atom. The van der Waals surface area contributed by atoms with Crippen molar-refractivity contribution in [3.8, 4) is 0 Å². The number of carbonyl (C=O) groups excluding carboxylic acids is 1. The van der Waals surface area contributed by atoms with Gasteiger partial charge in [0.25, 0.3) is 10.1 Å². The lowest BCUT2D eigenvalue weighted by Gasteiger charge is -2.22. The highest BCUT2D eigenvalue weighted by Gasteiger charge is 2.19. The van der Waals surface area contributed by atoms with Crippen LogP contribution in [-0.2, 0) is 21.3 Å². The van der Waals surface area contributed by atoms with Gasteiger partial charge in [0.1, 0.15) is 5.60 Å². The third-order valence-electron chi connectivity index (χ3n) is 2.27. The van der Waals surface area contributed by atoms with Gasteiger partial charge in [-0.15, -0.1) is 0 Å². The van der Waals surface area contributed by atoms with Gasteiger partial charge in [0.2, 0.25) is 0 Å². The molecule has 0 aliphatic carbocycles. The fourth-order valence-electron chi connectivity index (χ4n) is 1.53. The van der Waals surface area contributed by atoms with E-state index in [0.717, 1.165) is 5.56 Å². The smallest absolute Gasteiger partial charge is 0.407 e. The molecular formula is C15H25NO6S. The zero-order valence-corrected chi connectivity index (χ0v) is 14.6. The number of nitrogens with one attached hydrogen (secondary N) is 1. The van der Waals surface area contributed by atoms with Crippen LogP contribution in [0, 0.1) is 0 Å². The highest BCUT2D eigenvalue weighted by Crippen LogP contribution is 2.08. The third kappa shape index (κ3) is 15.0. The summed E-state index contributed by atoms with van der Waals surface area (Å²) in [5, 5.41) is 11.9. The van der Waals surface area contributed by atoms with E-state index in [-0.39, 0.29) is 12.6 Å². The number of ether oxygens (including phenoxy) is 1. The van der Waals surface area contributed by atoms with Crippen LogP contribution in [0.5, 0.6) is 0 Å². The summed E-state index contributed by atoms with van der Waals surface area (Å²) in [5.74, 6) is 0. The van der Waals surface area contributed by atoms with Crippen LogP contribution >= 0.6 is 0 Å². The van der Waals surface area contributed by atoms with Gasteiger partial charge < -0.3 is 15.2 Å². The van der Waals surface area contributed by atoms with Gasteiger partial charge in [0.15, 0.2) is 0 Å². The van der Waals surface area contributed by atoms with E-state index in [1.807, 2.05) is 30.3 Å². The summed E-state index contributed by atoms with van der Waals surface area (Å²) >= 11 is 0. The number of rotatable bonds is 4. The van der Waals surface area contributed by atoms with Crippen LogP contribution in [0.25, 0.3) is 0 Å². The van der Waals surface area contributed by atoms with Crippen LogP contribution in [0.15, 0.2) is 30.3 Å². The number of benzene rings is 1. The molecule has 0 heterocycles. The molecule has 3 N–H and O–H groups in total. The van der Waals surface area contributed by atoms with Crippen LogP contribution in [-0.4, -0.2) is 48.7 Å². The van der Waals surface area contributed by atoms with E-state index in [9.17, 15) is 18.3 Å². The maximum atomic E-state index is 11.6. The first-order valence-corrected chi connectivity index (χ1v) is 8.82. The van der Waals surface area contributed by atoms with Gasteiger partial charge in [0, 0.05) is 0 Å². The first-order chi connectivity index (χ1) is 10.4. The molecule has 0 aliphatic heterocycles. The molecule has 23 heavy (non-hydrogen) atoms. The maximum Gasteiger partial charge on any atom is 0.407 e. The molecule has 1 atom stereocenters. The quantitative estimate of drug-likeness (QED) is 0.713. The molecule has 0 bridgehead atoms. The van der Waals surface area contributed by atoms with E-state index in [2.05, 4.69) is 5.32 Å². The van der Waals surface area contributed by atoms with E-state index in [0.29, 0.717) is 12.7 Å². The van der Waals surface area contributed by atoms with Crippen LogP contribution < -0.4 is 5.32 Å². The predicted molar refractivity (Wildman–Crippen MR) is 87.9 cm³/mol. The average molecular weight is 347 g/mol. The first-order valence-electron chi connectivity index (χ1n) is 6.97. The lowest BCUT2D eigenvalue weighted by atomic mass is 10.1. The summed E-state index contributed by atoms with van der Waals surface area (Å²) in [6, 6.07) is 9.37. The molecule has 0 unspecified atom stereocenters. The Morgan fingerprint density at radius 3 is 2.13 bits per heavy atom. The number of alkyl carbamates (subject to hydrolysis) is 1. The number of aliphatic hydroxyl groups excluding tert-OH is 1. The molecule has 0 saturated heterocycles. The fourth-order valence-corrected chi connectivity index (χ4v) is 1.53. The van der Waals surface area contributed by atoms with Crippen molar-refractivity contribution in [2.24, 2.45) is 0 Å². The summed E-state index contributed by atoms with van der Waals surface area (Å²) < 4.78 is 31.0. The normalized spacial score (nSPS) is 12.6. The number of hydrogen-bond acceptors (Lipinski definition) is 5. The van der Waals surface area contributed by atoms with Crippen LogP contribution in [0.3, 0.4) is 0 Å². The molecule has 132 valence electrons. The molecule has 7 nitrogen and oxygen atoms in total. The Bertz CT molecular complexity index is 557. The fraction of sp³-hybridized carbons (Fsp3) is 0.533. The summed E-state index contributed by atoms with van der Waals surface area (Å²) in [5.41, 5.74) is 0.532. The van der Waals surface area contributed by atoms with Gasteiger partial charge in [-0.05, 0) is 32.8 Å². The van der Waals surface area contributed by atoms with Crippen LogP contribution in [0.1, 0.15) is 26.3 Å². The number of hydrogen-bond donors (Lipinski definition) is 3. The second kappa shape index (κ2) is 9.49. The minimum atomic E-state index is -3.67. The lowest BCUT2D eigenvalue weighted by Crippen LogP contribution is -2.42. The van der Waals surface area contributed by atoms with Gasteiger partial charge in [-0.3, -0.25) is 4.55 Å². The average Bonchev–Trinajstić information content (AvgIpc) is 2.35. The second-order valence-electron chi connectivity index (χ2n) is 5.95. The Morgan fingerprint density at radius 2 is 1.74 bits per heavy atom. The Balaban J connectivity index is 0.000000841. The molecule has 0 aliphatic rings. The maximum absolute atomic E-state index is 11.6. The molecular weight excluding hydrogens is 322 g/mol. The zero-order valence-electron chi connectivity index (χ0n) is 13.8. The van der Waals surface area contributed by atoms with Gasteiger partial charge >= 0.3 is 6.09 Å². The van der Waals surface area contributed by atoms with Crippen molar-refractivity contribution < 1.29 is 27.6 Å². The minimum Gasteiger partial charge on any atom is -0.444 e. The van der Waals surface area contributed by atoms with E-state index < -0.39 is 21.8 Å². The summed E-state index contributed by atoms with van der Waals surface area (Å²) in [6.07, 6.45) is 0.793. The Labute approximate surface area is 137 Å². The summed E-state index contributed by atoms with van der Waals surface area (Å²) in [7, 11) is -3.67. The topological polar surface area (TPSA) is 113 Å². The lowest BCUT2D eigenvalue weighted by molar-refractivity contribution is 0.0483. The van der Waals surface area contributed by atoms with Crippen molar-refractivity contribution in [2.75, 3.05) is 12.9 Å². The summed E-state index contributed by atoms with van der Waals surface area (Å²) in [4.78, 5) is 11.6. The molecule has 1 amide bonds. The SMILES string of the molecule is CC(C)(C)OC(=O)N[C@@H](CO)Cc1ccccc1.CS(=O)(=O)O. The van der Waals surface area contributed by atoms with E-state index in [1.165, 1.54) is 0 Å². The van der Waals surface area contributed by atoms with E-state index in [1.54, 1.807) is 20.8 Å². The molecule has 0 aromatic heterocycles. The molecule has 0 spiro atoms. The number of aliphatic hydroxyl groups is 1. The van der Waals surface area contributed by atoms with Crippen molar-refractivity contribution in [1.82, 2.24) is 5.32 Å². The second-order valence-corrected chi connectivity index (χ2v) is 7.41. The predicted octanol–water partition coefficient (Wildman–Crippen LogP) is 1.62. The molecule has 0 saturated carbocycles. The third-order valence-corrected chi connectivity index (χ3v) is 2.27. The molecule has 8 heteroatoms. The summed E-state index contributed by atoms with van der Waals surface area (Å²) in [6.45, 7) is 5.29. The first kappa shape index (κ1) is 21.4. The largest absolute Gasteiger partial charge is 0.444 e.